The van der Waals surface area contributed by atoms with E-state index in [1.807, 2.05) is 24.9 Å². The van der Waals surface area contributed by atoms with Crippen molar-refractivity contribution in [2.24, 2.45) is 7.05 Å². The first-order valence-corrected chi connectivity index (χ1v) is 6.55. The van der Waals surface area contributed by atoms with Crippen molar-refractivity contribution in [3.63, 3.8) is 0 Å². The minimum atomic E-state index is 0.449. The van der Waals surface area contributed by atoms with Gasteiger partial charge in [-0.2, -0.15) is 5.10 Å². The van der Waals surface area contributed by atoms with Crippen LogP contribution < -0.4 is 5.32 Å². The molecule has 1 aromatic rings. The molecule has 0 bridgehead atoms. The monoisotopic (exact) mass is 239 g/mol. The standard InChI is InChI=1S/C13H25N3O/c1-4-9-14-12(11-17-5-2)6-7-13-8-10-15-16(13)3/h8,10,12,14H,4-7,9,11H2,1-3H3. The molecule has 0 aromatic carbocycles. The molecule has 0 saturated heterocycles. The van der Waals surface area contributed by atoms with Crippen LogP contribution in [0.4, 0.5) is 0 Å². The fourth-order valence-corrected chi connectivity index (χ4v) is 1.82. The summed E-state index contributed by atoms with van der Waals surface area (Å²) in [5.74, 6) is 0. The second kappa shape index (κ2) is 8.25. The maximum absolute atomic E-state index is 5.51. The van der Waals surface area contributed by atoms with Crippen molar-refractivity contribution in [3.8, 4) is 0 Å². The molecular weight excluding hydrogens is 214 g/mol. The third-order valence-corrected chi connectivity index (χ3v) is 2.88. The summed E-state index contributed by atoms with van der Waals surface area (Å²) in [6.07, 6.45) is 5.16. The van der Waals surface area contributed by atoms with Crippen LogP contribution in [-0.4, -0.2) is 35.6 Å². The Balaban J connectivity index is 2.34. The van der Waals surface area contributed by atoms with Crippen LogP contribution in [0.1, 0.15) is 32.4 Å². The molecule has 0 saturated carbocycles. The number of nitrogens with one attached hydrogen (secondary N) is 1. The summed E-state index contributed by atoms with van der Waals surface area (Å²) in [5, 5.41) is 7.72. The second-order valence-corrected chi connectivity index (χ2v) is 4.30. The summed E-state index contributed by atoms with van der Waals surface area (Å²) in [5.41, 5.74) is 1.28. The van der Waals surface area contributed by atoms with Gasteiger partial charge in [-0.05, 0) is 38.8 Å². The zero-order valence-electron chi connectivity index (χ0n) is 11.3. The number of aromatic nitrogens is 2. The van der Waals surface area contributed by atoms with Gasteiger partial charge in [-0.15, -0.1) is 0 Å². The third kappa shape index (κ3) is 5.33. The van der Waals surface area contributed by atoms with Crippen LogP contribution in [0, 0.1) is 0 Å². The van der Waals surface area contributed by atoms with E-state index in [0.717, 1.165) is 39.0 Å². The number of hydrogen-bond acceptors (Lipinski definition) is 3. The summed E-state index contributed by atoms with van der Waals surface area (Å²) in [7, 11) is 1.99. The van der Waals surface area contributed by atoms with Crippen molar-refractivity contribution in [1.82, 2.24) is 15.1 Å². The first-order chi connectivity index (χ1) is 8.27. The van der Waals surface area contributed by atoms with Crippen LogP contribution in [0.2, 0.25) is 0 Å². The second-order valence-electron chi connectivity index (χ2n) is 4.30. The summed E-state index contributed by atoms with van der Waals surface area (Å²) in [6, 6.07) is 2.53. The number of nitrogens with zero attached hydrogens (tertiary/aromatic N) is 2. The van der Waals surface area contributed by atoms with Crippen molar-refractivity contribution < 1.29 is 4.74 Å². The van der Waals surface area contributed by atoms with Gasteiger partial charge in [0, 0.05) is 31.6 Å². The van der Waals surface area contributed by atoms with Gasteiger partial charge < -0.3 is 10.1 Å². The molecule has 1 heterocycles. The van der Waals surface area contributed by atoms with Crippen molar-refractivity contribution >= 4 is 0 Å². The van der Waals surface area contributed by atoms with E-state index < -0.39 is 0 Å². The molecule has 1 aromatic heterocycles. The van der Waals surface area contributed by atoms with E-state index in [1.54, 1.807) is 0 Å². The first-order valence-electron chi connectivity index (χ1n) is 6.55. The largest absolute Gasteiger partial charge is 0.380 e. The molecule has 4 heteroatoms. The fourth-order valence-electron chi connectivity index (χ4n) is 1.82. The Hall–Kier alpha value is -0.870. The third-order valence-electron chi connectivity index (χ3n) is 2.88. The van der Waals surface area contributed by atoms with Gasteiger partial charge in [0.25, 0.3) is 0 Å². The van der Waals surface area contributed by atoms with E-state index in [9.17, 15) is 0 Å². The molecule has 98 valence electrons. The highest BCUT2D eigenvalue weighted by atomic mass is 16.5. The summed E-state index contributed by atoms with van der Waals surface area (Å²) in [4.78, 5) is 0. The minimum Gasteiger partial charge on any atom is -0.380 e. The smallest absolute Gasteiger partial charge is 0.0619 e. The van der Waals surface area contributed by atoms with Crippen molar-refractivity contribution in [2.75, 3.05) is 19.8 Å². The van der Waals surface area contributed by atoms with E-state index in [4.69, 9.17) is 4.74 Å². The Bertz CT molecular complexity index is 291. The van der Waals surface area contributed by atoms with Gasteiger partial charge in [-0.3, -0.25) is 4.68 Å². The van der Waals surface area contributed by atoms with Crippen LogP contribution in [0.3, 0.4) is 0 Å². The lowest BCUT2D eigenvalue weighted by Crippen LogP contribution is -2.34. The molecule has 1 rings (SSSR count). The van der Waals surface area contributed by atoms with E-state index in [-0.39, 0.29) is 0 Å². The van der Waals surface area contributed by atoms with Crippen molar-refractivity contribution in [2.45, 2.75) is 39.2 Å². The Morgan fingerprint density at radius 2 is 2.29 bits per heavy atom. The van der Waals surface area contributed by atoms with Crippen LogP contribution in [0.25, 0.3) is 0 Å². The maximum Gasteiger partial charge on any atom is 0.0619 e. The zero-order valence-corrected chi connectivity index (χ0v) is 11.3. The van der Waals surface area contributed by atoms with Crippen molar-refractivity contribution in [3.05, 3.63) is 18.0 Å². The van der Waals surface area contributed by atoms with Gasteiger partial charge in [0.1, 0.15) is 0 Å². The predicted octanol–water partition coefficient (Wildman–Crippen LogP) is 1.76. The van der Waals surface area contributed by atoms with Crippen molar-refractivity contribution in [1.29, 1.82) is 0 Å². The summed E-state index contributed by atoms with van der Waals surface area (Å²) >= 11 is 0. The van der Waals surface area contributed by atoms with E-state index in [1.165, 1.54) is 5.69 Å². The Kier molecular flexibility index (Phi) is 6.89. The Labute approximate surface area is 104 Å². The topological polar surface area (TPSA) is 39.1 Å². The van der Waals surface area contributed by atoms with Gasteiger partial charge in [0.05, 0.1) is 6.61 Å². The molecule has 0 radical (unpaired) electrons. The van der Waals surface area contributed by atoms with Crippen LogP contribution in [0.5, 0.6) is 0 Å². The van der Waals surface area contributed by atoms with Gasteiger partial charge in [-0.1, -0.05) is 6.92 Å². The quantitative estimate of drug-likeness (QED) is 0.713. The average Bonchev–Trinajstić information content (AvgIpc) is 2.74. The molecule has 0 spiro atoms. The molecule has 0 aliphatic carbocycles. The number of aryl methyl sites for hydroxylation is 2. The Morgan fingerprint density at radius 3 is 2.88 bits per heavy atom. The number of hydrogen-bond donors (Lipinski definition) is 1. The molecule has 0 aliphatic heterocycles. The summed E-state index contributed by atoms with van der Waals surface area (Å²) in [6.45, 7) is 6.87. The van der Waals surface area contributed by atoms with Gasteiger partial charge in [0.2, 0.25) is 0 Å². The normalized spacial score (nSPS) is 12.9. The van der Waals surface area contributed by atoms with Gasteiger partial charge in [0.15, 0.2) is 0 Å². The van der Waals surface area contributed by atoms with Gasteiger partial charge >= 0.3 is 0 Å². The molecule has 0 amide bonds. The maximum atomic E-state index is 5.51. The van der Waals surface area contributed by atoms with Gasteiger partial charge in [-0.25, -0.2) is 0 Å². The number of rotatable bonds is 9. The van der Waals surface area contributed by atoms with E-state index in [0.29, 0.717) is 6.04 Å². The highest BCUT2D eigenvalue weighted by molar-refractivity contribution is 5.00. The highest BCUT2D eigenvalue weighted by Crippen LogP contribution is 2.04. The molecule has 0 aliphatic rings. The van der Waals surface area contributed by atoms with Crippen LogP contribution in [0.15, 0.2) is 12.3 Å². The molecule has 4 nitrogen and oxygen atoms in total. The average molecular weight is 239 g/mol. The fraction of sp³-hybridized carbons (Fsp3) is 0.769. The molecule has 1 atom stereocenters. The molecular formula is C13H25N3O. The summed E-state index contributed by atoms with van der Waals surface area (Å²) < 4.78 is 7.45. The SMILES string of the molecule is CCCNC(CCc1ccnn1C)COCC. The molecule has 17 heavy (non-hydrogen) atoms. The number of ether oxygens (including phenoxy) is 1. The minimum absolute atomic E-state index is 0.449. The Morgan fingerprint density at radius 1 is 1.47 bits per heavy atom. The van der Waals surface area contributed by atoms with Crippen LogP contribution in [-0.2, 0) is 18.2 Å². The lowest BCUT2D eigenvalue weighted by Gasteiger charge is -2.18. The van der Waals surface area contributed by atoms with E-state index in [2.05, 4.69) is 23.4 Å². The lowest BCUT2D eigenvalue weighted by molar-refractivity contribution is 0.120. The predicted molar refractivity (Wildman–Crippen MR) is 70.1 cm³/mol. The van der Waals surface area contributed by atoms with Crippen LogP contribution >= 0.6 is 0 Å². The molecule has 1 unspecified atom stereocenters. The zero-order chi connectivity index (χ0) is 12.5. The molecule has 0 fully saturated rings. The van der Waals surface area contributed by atoms with E-state index >= 15 is 0 Å². The lowest BCUT2D eigenvalue weighted by atomic mass is 10.1. The first kappa shape index (κ1) is 14.2. The molecule has 1 N–H and O–H groups in total. The highest BCUT2D eigenvalue weighted by Gasteiger charge is 2.09.